The van der Waals surface area contributed by atoms with Crippen molar-refractivity contribution in [3.8, 4) is 0 Å². The zero-order chi connectivity index (χ0) is 10.0. The number of hydrogen-bond acceptors (Lipinski definition) is 3. The van der Waals surface area contributed by atoms with Crippen molar-refractivity contribution >= 4 is 21.6 Å². The number of hydrogen-bond donors (Lipinski definition) is 0. The molecule has 2 aliphatic rings. The van der Waals surface area contributed by atoms with E-state index in [0.29, 0.717) is 6.61 Å². The number of methoxy groups -OCH3 is 1. The van der Waals surface area contributed by atoms with Crippen LogP contribution in [0.15, 0.2) is 21.8 Å². The molecule has 1 unspecified atom stereocenters. The van der Waals surface area contributed by atoms with Gasteiger partial charge in [-0.2, -0.15) is 0 Å². The molecule has 14 heavy (non-hydrogen) atoms. The van der Waals surface area contributed by atoms with Crippen molar-refractivity contribution in [1.29, 1.82) is 0 Å². The van der Waals surface area contributed by atoms with Gasteiger partial charge in [0.15, 0.2) is 11.3 Å². The van der Waals surface area contributed by atoms with Gasteiger partial charge in [0.05, 0.1) is 29.1 Å². The molecule has 0 radical (unpaired) electrons. The summed E-state index contributed by atoms with van der Waals surface area (Å²) in [6.07, 6.45) is 7.50. The lowest BCUT2D eigenvalue weighted by molar-refractivity contribution is 0.0382. The van der Waals surface area contributed by atoms with Crippen molar-refractivity contribution in [2.24, 2.45) is 4.99 Å². The van der Waals surface area contributed by atoms with Crippen molar-refractivity contribution in [3.63, 3.8) is 0 Å². The monoisotopic (exact) mass is 256 g/mol. The number of aliphatic imine (C=N–C) groups is 1. The largest absolute Gasteiger partial charge is 0.377 e. The molecule has 0 aromatic carbocycles. The van der Waals surface area contributed by atoms with Gasteiger partial charge in [0.25, 0.3) is 0 Å². The van der Waals surface area contributed by atoms with E-state index in [1.54, 1.807) is 13.2 Å². The van der Waals surface area contributed by atoms with E-state index in [0.717, 1.165) is 23.3 Å². The molecular weight excluding hydrogens is 246 g/mol. The summed E-state index contributed by atoms with van der Waals surface area (Å²) in [6.45, 7) is 1.29. The molecule has 2 rings (SSSR count). The minimum absolute atomic E-state index is 0.375. The Kier molecular flexibility index (Phi) is 2.79. The number of nitrogens with zero attached hydrogens (tertiary/aromatic N) is 1. The van der Waals surface area contributed by atoms with Crippen LogP contribution in [-0.2, 0) is 9.47 Å². The Morgan fingerprint density at radius 3 is 3.14 bits per heavy atom. The van der Waals surface area contributed by atoms with E-state index in [1.165, 1.54) is 0 Å². The van der Waals surface area contributed by atoms with Gasteiger partial charge < -0.3 is 9.47 Å². The van der Waals surface area contributed by atoms with Gasteiger partial charge in [-0.1, -0.05) is 0 Å². The van der Waals surface area contributed by atoms with Gasteiger partial charge in [-0.05, 0) is 0 Å². The maximum atomic E-state index is 5.51. The zero-order valence-corrected chi connectivity index (χ0v) is 9.50. The van der Waals surface area contributed by atoms with Crippen molar-refractivity contribution in [2.75, 3.05) is 20.3 Å². The van der Waals surface area contributed by atoms with E-state index in [-0.39, 0.29) is 5.60 Å². The molecule has 1 saturated heterocycles. The molecule has 3 nitrogen and oxygen atoms in total. The Bertz CT molecular complexity index is 314. The summed E-state index contributed by atoms with van der Waals surface area (Å²) in [5.41, 5.74) is 0.507. The molecule has 0 aromatic heterocycles. The van der Waals surface area contributed by atoms with Gasteiger partial charge >= 0.3 is 0 Å². The van der Waals surface area contributed by atoms with E-state index in [9.17, 15) is 0 Å². The predicted octanol–water partition coefficient (Wildman–Crippen LogP) is 1.84. The number of halogens is 1. The first-order chi connectivity index (χ1) is 6.77. The molecule has 0 aromatic rings. The molecule has 2 heterocycles. The van der Waals surface area contributed by atoms with Gasteiger partial charge in [0.1, 0.15) is 12.2 Å². The maximum absolute atomic E-state index is 5.51. The second-order valence-corrected chi connectivity index (χ2v) is 4.09. The number of allylic oxidation sites excluding steroid dienone is 2. The number of ether oxygens (including phenoxy) is 2. The Morgan fingerprint density at radius 1 is 1.71 bits per heavy atom. The number of rotatable bonds is 2. The van der Waals surface area contributed by atoms with Crippen molar-refractivity contribution < 1.29 is 9.47 Å². The lowest BCUT2D eigenvalue weighted by atomic mass is 9.95. The molecule has 74 valence electrons. The van der Waals surface area contributed by atoms with Crippen LogP contribution in [0.2, 0.25) is 0 Å². The average Bonchev–Trinajstić information content (AvgIpc) is 2.67. The van der Waals surface area contributed by atoms with Crippen LogP contribution in [0, 0.1) is 6.08 Å². The van der Waals surface area contributed by atoms with Crippen LogP contribution < -0.4 is 0 Å². The molecule has 0 spiro atoms. The molecule has 0 bridgehead atoms. The Balaban J connectivity index is 2.29. The molecule has 1 atom stereocenters. The quantitative estimate of drug-likeness (QED) is 0.558. The van der Waals surface area contributed by atoms with Crippen LogP contribution in [0.3, 0.4) is 0 Å². The normalized spacial score (nSPS) is 31.0. The van der Waals surface area contributed by atoms with Crippen LogP contribution in [0.4, 0.5) is 0 Å². The highest BCUT2D eigenvalue weighted by molar-refractivity contribution is 9.11. The molecule has 1 fully saturated rings. The summed E-state index contributed by atoms with van der Waals surface area (Å²) in [4.78, 5) is 4.38. The van der Waals surface area contributed by atoms with Crippen LogP contribution in [0.5, 0.6) is 0 Å². The van der Waals surface area contributed by atoms with E-state index < -0.39 is 0 Å². The van der Waals surface area contributed by atoms with Crippen LogP contribution in [-0.4, -0.2) is 31.6 Å². The Hall–Kier alpha value is -0.540. The van der Waals surface area contributed by atoms with E-state index in [1.807, 2.05) is 6.08 Å². The van der Waals surface area contributed by atoms with E-state index in [4.69, 9.17) is 9.47 Å². The van der Waals surface area contributed by atoms with Crippen LogP contribution in [0.1, 0.15) is 6.42 Å². The summed E-state index contributed by atoms with van der Waals surface area (Å²) in [5, 5.41) is 0. The highest BCUT2D eigenvalue weighted by Gasteiger charge is 2.44. The predicted molar refractivity (Wildman–Crippen MR) is 57.4 cm³/mol. The van der Waals surface area contributed by atoms with Crippen molar-refractivity contribution in [3.05, 3.63) is 22.8 Å². The van der Waals surface area contributed by atoms with Crippen molar-refractivity contribution in [2.45, 2.75) is 12.0 Å². The van der Waals surface area contributed by atoms with E-state index >= 15 is 0 Å². The smallest absolute Gasteiger partial charge is 0.222 e. The Labute approximate surface area is 91.6 Å². The molecule has 0 amide bonds. The highest BCUT2D eigenvalue weighted by Crippen LogP contribution is 2.27. The van der Waals surface area contributed by atoms with Gasteiger partial charge in [-0.3, -0.25) is 0 Å². The maximum Gasteiger partial charge on any atom is 0.222 e. The zero-order valence-electron chi connectivity index (χ0n) is 7.92. The molecule has 0 N–H and O–H groups in total. The van der Waals surface area contributed by atoms with Gasteiger partial charge in [0.2, 0.25) is 4.61 Å². The standard InChI is InChI=1S/C10H11BrNO2/c1-13-10(5-6-14-7-10)8-3-2-4-9(11)12-8/h3-4H,5-7H2,1H3/q+1. The fraction of sp³-hybridized carbons (Fsp3) is 0.500. The van der Waals surface area contributed by atoms with Gasteiger partial charge in [-0.15, -0.1) is 4.99 Å². The van der Waals surface area contributed by atoms with E-state index in [2.05, 4.69) is 27.0 Å². The highest BCUT2D eigenvalue weighted by atomic mass is 79.9. The SMILES string of the molecule is COC1(C2=NC(Br)=C[C+]=C2)CCOC1. The molecular formula is C10H11BrNO2+. The Morgan fingerprint density at radius 2 is 2.57 bits per heavy atom. The average molecular weight is 257 g/mol. The third kappa shape index (κ3) is 1.66. The molecule has 0 aliphatic carbocycles. The minimum atomic E-state index is -0.375. The van der Waals surface area contributed by atoms with Crippen molar-refractivity contribution in [1.82, 2.24) is 0 Å². The first kappa shape index (κ1) is 9.99. The topological polar surface area (TPSA) is 30.8 Å². The summed E-state index contributed by atoms with van der Waals surface area (Å²) in [5.74, 6) is 0. The lowest BCUT2D eigenvalue weighted by Crippen LogP contribution is -2.40. The second-order valence-electron chi connectivity index (χ2n) is 3.28. The summed E-state index contributed by atoms with van der Waals surface area (Å²) in [6, 6.07) is 0. The summed E-state index contributed by atoms with van der Waals surface area (Å²) >= 11 is 3.32. The second kappa shape index (κ2) is 3.91. The first-order valence-corrected chi connectivity index (χ1v) is 5.23. The molecule has 0 saturated carbocycles. The summed E-state index contributed by atoms with van der Waals surface area (Å²) in [7, 11) is 1.69. The van der Waals surface area contributed by atoms with Crippen LogP contribution in [0.25, 0.3) is 0 Å². The first-order valence-electron chi connectivity index (χ1n) is 4.44. The minimum Gasteiger partial charge on any atom is -0.377 e. The molecule has 4 heteroatoms. The van der Waals surface area contributed by atoms with Crippen LogP contribution >= 0.6 is 15.9 Å². The lowest BCUT2D eigenvalue weighted by Gasteiger charge is -2.21. The fourth-order valence-corrected chi connectivity index (χ4v) is 1.94. The van der Waals surface area contributed by atoms with Gasteiger partial charge in [0, 0.05) is 19.6 Å². The molecule has 2 aliphatic heterocycles. The fourth-order valence-electron chi connectivity index (χ4n) is 1.62. The third-order valence-corrected chi connectivity index (χ3v) is 2.90. The van der Waals surface area contributed by atoms with Gasteiger partial charge in [-0.25, -0.2) is 0 Å². The summed E-state index contributed by atoms with van der Waals surface area (Å²) < 4.78 is 11.6. The third-order valence-electron chi connectivity index (χ3n) is 2.49.